The molecule has 12 heteroatoms. The molecule has 0 spiro atoms. The molecule has 0 saturated carbocycles. The van der Waals surface area contributed by atoms with Crippen LogP contribution >= 0.6 is 11.8 Å². The average molecular weight is 437 g/mol. The van der Waals surface area contributed by atoms with Gasteiger partial charge in [-0.3, -0.25) is 14.2 Å². The van der Waals surface area contributed by atoms with Crippen molar-refractivity contribution < 1.29 is 31.1 Å². The lowest BCUT2D eigenvalue weighted by Gasteiger charge is -2.24. The van der Waals surface area contributed by atoms with E-state index in [1.54, 1.807) is 0 Å². The fourth-order valence-corrected chi connectivity index (χ4v) is 3.78. The summed E-state index contributed by atoms with van der Waals surface area (Å²) in [5.74, 6) is -1.45. The molecular formula is C17H13F6N3O2S. The van der Waals surface area contributed by atoms with Gasteiger partial charge in [0.15, 0.2) is 5.16 Å². The van der Waals surface area contributed by atoms with Crippen molar-refractivity contribution in [1.29, 1.82) is 0 Å². The molecule has 1 N–H and O–H groups in total. The van der Waals surface area contributed by atoms with E-state index in [1.807, 2.05) is 0 Å². The van der Waals surface area contributed by atoms with Gasteiger partial charge in [0.2, 0.25) is 5.91 Å². The predicted octanol–water partition coefficient (Wildman–Crippen LogP) is 3.95. The van der Waals surface area contributed by atoms with Crippen LogP contribution in [0.5, 0.6) is 0 Å². The molecule has 29 heavy (non-hydrogen) atoms. The molecule has 156 valence electrons. The van der Waals surface area contributed by atoms with Crippen molar-refractivity contribution in [2.24, 2.45) is 5.92 Å². The summed E-state index contributed by atoms with van der Waals surface area (Å²) < 4.78 is 78.9. The second-order valence-corrected chi connectivity index (χ2v) is 7.42. The Morgan fingerprint density at radius 2 is 1.72 bits per heavy atom. The third-order valence-corrected chi connectivity index (χ3v) is 5.38. The Kier molecular flexibility index (Phi) is 5.41. The minimum atomic E-state index is -5.02. The topological polar surface area (TPSA) is 64.0 Å². The predicted molar refractivity (Wildman–Crippen MR) is 92.5 cm³/mol. The smallest absolute Gasteiger partial charge is 0.326 e. The van der Waals surface area contributed by atoms with Gasteiger partial charge in [-0.05, 0) is 25.1 Å². The average Bonchev–Trinajstić information content (AvgIpc) is 2.63. The summed E-state index contributed by atoms with van der Waals surface area (Å²) in [6, 6.07) is 0.861. The molecule has 0 fully saturated rings. The van der Waals surface area contributed by atoms with Crippen LogP contribution in [0.25, 0.3) is 0 Å². The molecule has 0 aliphatic carbocycles. The summed E-state index contributed by atoms with van der Waals surface area (Å²) in [6.07, 6.45) is -8.64. The second kappa shape index (κ2) is 7.39. The van der Waals surface area contributed by atoms with E-state index >= 15 is 0 Å². The normalized spacial score (nSPS) is 17.0. The molecule has 3 rings (SSSR count). The van der Waals surface area contributed by atoms with Crippen LogP contribution in [0.2, 0.25) is 0 Å². The molecule has 1 aromatic carbocycles. The zero-order valence-corrected chi connectivity index (χ0v) is 15.5. The van der Waals surface area contributed by atoms with E-state index in [0.29, 0.717) is 22.9 Å². The number of nitrogens with one attached hydrogen (secondary N) is 1. The molecule has 1 aliphatic heterocycles. The Hall–Kier alpha value is -2.50. The van der Waals surface area contributed by atoms with Crippen molar-refractivity contribution in [3.05, 3.63) is 51.4 Å². The molecule has 1 aromatic heterocycles. The van der Waals surface area contributed by atoms with E-state index in [0.717, 1.165) is 11.8 Å². The minimum absolute atomic E-state index is 0.0175. The molecule has 2 aromatic rings. The van der Waals surface area contributed by atoms with E-state index < -0.39 is 41.0 Å². The standard InChI is InChI=1S/C17H13F6N3O2S/c1-8-5-24-15-26(14(8)28)6-9(7-29-15)13(27)25-12-3-10(16(18,19)20)2-11(4-12)17(21,22)23/h2-5,9H,6-7H2,1H3,(H,25,27). The number of hydrogen-bond acceptors (Lipinski definition) is 4. The van der Waals surface area contributed by atoms with E-state index in [2.05, 4.69) is 10.3 Å². The molecule has 1 atom stereocenters. The highest BCUT2D eigenvalue weighted by atomic mass is 32.2. The molecule has 1 aliphatic rings. The van der Waals surface area contributed by atoms with Gasteiger partial charge in [0, 0.05) is 29.7 Å². The van der Waals surface area contributed by atoms with Gasteiger partial charge < -0.3 is 5.32 Å². The van der Waals surface area contributed by atoms with Gasteiger partial charge in [-0.15, -0.1) is 0 Å². The fraction of sp³-hybridized carbons (Fsp3) is 0.353. The molecule has 0 radical (unpaired) electrons. The number of carbonyl (C=O) groups is 1. The number of rotatable bonds is 2. The lowest BCUT2D eigenvalue weighted by atomic mass is 10.1. The number of fused-ring (bicyclic) bond motifs is 1. The van der Waals surface area contributed by atoms with E-state index in [4.69, 9.17) is 0 Å². The van der Waals surface area contributed by atoms with Crippen LogP contribution in [0.4, 0.5) is 32.0 Å². The number of amides is 1. The van der Waals surface area contributed by atoms with Crippen molar-refractivity contribution in [3.8, 4) is 0 Å². The maximum Gasteiger partial charge on any atom is 0.416 e. The Morgan fingerprint density at radius 1 is 1.14 bits per heavy atom. The zero-order valence-electron chi connectivity index (χ0n) is 14.7. The number of aryl methyl sites for hydroxylation is 1. The van der Waals surface area contributed by atoms with Crippen LogP contribution in [-0.4, -0.2) is 21.2 Å². The fourth-order valence-electron chi connectivity index (χ4n) is 2.73. The molecule has 2 heterocycles. The Bertz CT molecular complexity index is 983. The number of nitrogens with zero attached hydrogens (tertiary/aromatic N) is 2. The Balaban J connectivity index is 1.87. The first-order valence-electron chi connectivity index (χ1n) is 8.16. The summed E-state index contributed by atoms with van der Waals surface area (Å²) in [5, 5.41) is 2.51. The van der Waals surface area contributed by atoms with E-state index in [-0.39, 0.29) is 23.9 Å². The second-order valence-electron chi connectivity index (χ2n) is 6.43. The monoisotopic (exact) mass is 437 g/mol. The number of thioether (sulfide) groups is 1. The van der Waals surface area contributed by atoms with Crippen molar-refractivity contribution in [2.75, 3.05) is 11.1 Å². The quantitative estimate of drug-likeness (QED) is 0.571. The maximum absolute atomic E-state index is 12.9. The van der Waals surface area contributed by atoms with Gasteiger partial charge in [0.05, 0.1) is 17.0 Å². The van der Waals surface area contributed by atoms with E-state index in [9.17, 15) is 35.9 Å². The number of anilines is 1. The van der Waals surface area contributed by atoms with Gasteiger partial charge in [-0.25, -0.2) is 4.98 Å². The van der Waals surface area contributed by atoms with Crippen LogP contribution in [0.15, 0.2) is 34.3 Å². The highest BCUT2D eigenvalue weighted by Crippen LogP contribution is 2.37. The van der Waals surface area contributed by atoms with Crippen LogP contribution in [-0.2, 0) is 23.7 Å². The first kappa shape index (κ1) is 21.2. The van der Waals surface area contributed by atoms with Crippen molar-refractivity contribution in [1.82, 2.24) is 9.55 Å². The SMILES string of the molecule is Cc1cnc2n(c1=O)CC(C(=O)Nc1cc(C(F)(F)F)cc(C(F)(F)F)c1)CS2. The van der Waals surface area contributed by atoms with Crippen molar-refractivity contribution in [3.63, 3.8) is 0 Å². The third-order valence-electron chi connectivity index (χ3n) is 4.22. The third kappa shape index (κ3) is 4.57. The molecular weight excluding hydrogens is 424 g/mol. The number of alkyl halides is 6. The van der Waals surface area contributed by atoms with Crippen LogP contribution in [0, 0.1) is 12.8 Å². The molecule has 1 amide bonds. The van der Waals surface area contributed by atoms with Gasteiger partial charge in [-0.2, -0.15) is 26.3 Å². The number of carbonyl (C=O) groups excluding carboxylic acids is 1. The largest absolute Gasteiger partial charge is 0.416 e. The number of hydrogen-bond donors (Lipinski definition) is 1. The van der Waals surface area contributed by atoms with Gasteiger partial charge in [0.1, 0.15) is 0 Å². The van der Waals surface area contributed by atoms with Gasteiger partial charge in [-0.1, -0.05) is 11.8 Å². The Morgan fingerprint density at radius 3 is 2.28 bits per heavy atom. The molecule has 1 unspecified atom stereocenters. The van der Waals surface area contributed by atoms with Crippen LogP contribution < -0.4 is 10.9 Å². The first-order valence-corrected chi connectivity index (χ1v) is 9.14. The molecule has 0 bridgehead atoms. The lowest BCUT2D eigenvalue weighted by molar-refractivity contribution is -0.143. The highest BCUT2D eigenvalue weighted by molar-refractivity contribution is 7.99. The first-order chi connectivity index (χ1) is 13.4. The number of benzene rings is 1. The van der Waals surface area contributed by atoms with Crippen LogP contribution in [0.3, 0.4) is 0 Å². The van der Waals surface area contributed by atoms with E-state index in [1.165, 1.54) is 17.7 Å². The van der Waals surface area contributed by atoms with Crippen LogP contribution in [0.1, 0.15) is 16.7 Å². The lowest BCUT2D eigenvalue weighted by Crippen LogP contribution is -2.37. The molecule has 5 nitrogen and oxygen atoms in total. The summed E-state index contributed by atoms with van der Waals surface area (Å²) in [7, 11) is 0. The highest BCUT2D eigenvalue weighted by Gasteiger charge is 2.37. The summed E-state index contributed by atoms with van der Waals surface area (Å²) in [4.78, 5) is 28.7. The summed E-state index contributed by atoms with van der Waals surface area (Å²) >= 11 is 1.10. The number of halogens is 6. The summed E-state index contributed by atoms with van der Waals surface area (Å²) in [6.45, 7) is 1.46. The molecule has 0 saturated heterocycles. The van der Waals surface area contributed by atoms with Crippen molar-refractivity contribution in [2.45, 2.75) is 31.0 Å². The zero-order chi connectivity index (χ0) is 21.6. The summed E-state index contributed by atoms with van der Waals surface area (Å²) in [5.41, 5.74) is -3.69. The van der Waals surface area contributed by atoms with Gasteiger partial charge >= 0.3 is 12.4 Å². The Labute approximate surface area is 164 Å². The van der Waals surface area contributed by atoms with Gasteiger partial charge in [0.25, 0.3) is 5.56 Å². The minimum Gasteiger partial charge on any atom is -0.326 e. The van der Waals surface area contributed by atoms with Crippen molar-refractivity contribution >= 4 is 23.4 Å². The number of aromatic nitrogens is 2. The maximum atomic E-state index is 12.9.